The lowest BCUT2D eigenvalue weighted by Gasteiger charge is -2.53. The maximum absolute atomic E-state index is 2.84. The summed E-state index contributed by atoms with van der Waals surface area (Å²) in [4.78, 5) is 5.50. The van der Waals surface area contributed by atoms with Crippen LogP contribution in [0.2, 0.25) is 13.1 Å². The first kappa shape index (κ1) is 22.6. The predicted octanol–water partition coefficient (Wildman–Crippen LogP) is 5.49. The van der Waals surface area contributed by atoms with Crippen LogP contribution in [-0.4, -0.2) is 20.3 Å². The molecule has 0 amide bonds. The van der Waals surface area contributed by atoms with Crippen LogP contribution in [0.15, 0.2) is 72.8 Å². The third-order valence-corrected chi connectivity index (χ3v) is 15.1. The summed E-state index contributed by atoms with van der Waals surface area (Å²) in [6, 6.07) is 28.8. The number of hydrogen-bond acceptors (Lipinski definition) is 2. The molecule has 4 heteroatoms. The molecule has 0 N–H and O–H groups in total. The minimum Gasteiger partial charge on any atom is -0.335 e. The van der Waals surface area contributed by atoms with Crippen molar-refractivity contribution in [2.45, 2.75) is 70.5 Å². The Morgan fingerprint density at radius 3 is 2.28 bits per heavy atom. The molecular weight excluding hydrogens is 487 g/mol. The van der Waals surface area contributed by atoms with Crippen molar-refractivity contribution in [1.29, 1.82) is 0 Å². The van der Waals surface area contributed by atoms with Crippen LogP contribution in [0.4, 0.5) is 28.4 Å². The Kier molecular flexibility index (Phi) is 3.99. The maximum Gasteiger partial charge on any atom is 0.252 e. The van der Waals surface area contributed by atoms with Gasteiger partial charge in [0, 0.05) is 33.9 Å². The predicted molar refractivity (Wildman–Crippen MR) is 170 cm³/mol. The summed E-state index contributed by atoms with van der Waals surface area (Å²) in [6.07, 6.45) is 5.16. The zero-order chi connectivity index (χ0) is 26.5. The second kappa shape index (κ2) is 6.90. The van der Waals surface area contributed by atoms with Gasteiger partial charge < -0.3 is 9.80 Å². The van der Waals surface area contributed by atoms with Crippen molar-refractivity contribution in [3.8, 4) is 0 Å². The van der Waals surface area contributed by atoms with Crippen molar-refractivity contribution in [2.75, 3.05) is 9.80 Å². The van der Waals surface area contributed by atoms with E-state index in [1.807, 2.05) is 0 Å². The molecule has 0 saturated heterocycles. The van der Waals surface area contributed by atoms with E-state index in [-0.39, 0.29) is 17.7 Å². The summed E-state index contributed by atoms with van der Waals surface area (Å²) in [5.41, 5.74) is 15.0. The lowest BCUT2D eigenvalue weighted by atomic mass is 9.33. The number of aryl methyl sites for hydroxylation is 1. The van der Waals surface area contributed by atoms with Crippen LogP contribution in [0.3, 0.4) is 0 Å². The standard InChI is InChI=1S/C35H35BN2Si/c1-22-20-27-31-28(21-22)38-32-23(34(2)18-8-9-19-35(34,38)3)12-10-13-24(32)36(31)25-14-11-17-30-33(25)37(27)26-15-6-7-16-29(26)39(30,4)5/h6-7,10-17,20-21H,8-9,18-19H2,1-5H3. The fourth-order valence-electron chi connectivity index (χ4n) is 9.56. The van der Waals surface area contributed by atoms with Crippen molar-refractivity contribution >= 4 is 70.0 Å². The third-order valence-electron chi connectivity index (χ3n) is 11.6. The van der Waals surface area contributed by atoms with Gasteiger partial charge in [0.25, 0.3) is 6.71 Å². The lowest BCUT2D eigenvalue weighted by molar-refractivity contribution is 0.195. The molecule has 0 spiro atoms. The van der Waals surface area contributed by atoms with Crippen molar-refractivity contribution < 1.29 is 0 Å². The molecule has 4 heterocycles. The molecular formula is C35H35BN2Si. The van der Waals surface area contributed by atoms with Crippen molar-refractivity contribution in [2.24, 2.45) is 0 Å². The number of fused-ring (bicyclic) bond motifs is 9. The van der Waals surface area contributed by atoms with E-state index in [1.165, 1.54) is 76.1 Å². The highest BCUT2D eigenvalue weighted by Gasteiger charge is 2.61. The summed E-state index contributed by atoms with van der Waals surface area (Å²) in [7, 11) is -1.87. The first-order valence-corrected chi connectivity index (χ1v) is 17.9. The highest BCUT2D eigenvalue weighted by atomic mass is 28.3. The number of rotatable bonds is 0. The first-order valence-electron chi connectivity index (χ1n) is 14.9. The molecule has 1 fully saturated rings. The van der Waals surface area contributed by atoms with E-state index >= 15 is 0 Å². The number of nitrogens with zero attached hydrogens (tertiary/aromatic N) is 2. The minimum absolute atomic E-state index is 0.0903. The topological polar surface area (TPSA) is 6.48 Å². The van der Waals surface area contributed by atoms with Crippen LogP contribution in [0.5, 0.6) is 0 Å². The fraction of sp³-hybridized carbons (Fsp3) is 0.314. The highest BCUT2D eigenvalue weighted by Crippen LogP contribution is 2.61. The van der Waals surface area contributed by atoms with E-state index < -0.39 is 8.07 Å². The Balaban J connectivity index is 1.45. The molecule has 0 radical (unpaired) electrons. The molecule has 2 nitrogen and oxygen atoms in total. The van der Waals surface area contributed by atoms with Crippen molar-refractivity contribution in [1.82, 2.24) is 0 Å². The van der Waals surface area contributed by atoms with E-state index in [0.717, 1.165) is 0 Å². The molecule has 4 aromatic rings. The van der Waals surface area contributed by atoms with Crippen molar-refractivity contribution in [3.63, 3.8) is 0 Å². The minimum atomic E-state index is -1.87. The second-order valence-corrected chi connectivity index (χ2v) is 18.1. The van der Waals surface area contributed by atoms with Gasteiger partial charge in [-0.3, -0.25) is 0 Å². The van der Waals surface area contributed by atoms with Gasteiger partial charge in [0.2, 0.25) is 0 Å². The van der Waals surface area contributed by atoms with E-state index in [1.54, 1.807) is 15.9 Å². The van der Waals surface area contributed by atoms with E-state index in [2.05, 4.69) is 116 Å². The van der Waals surface area contributed by atoms with Crippen LogP contribution >= 0.6 is 0 Å². The van der Waals surface area contributed by atoms with Crippen molar-refractivity contribution in [3.05, 3.63) is 83.9 Å². The molecule has 2 unspecified atom stereocenters. The quantitative estimate of drug-likeness (QED) is 0.249. The molecule has 0 bridgehead atoms. The van der Waals surface area contributed by atoms with E-state index in [4.69, 9.17) is 0 Å². The van der Waals surface area contributed by atoms with Gasteiger partial charge in [-0.15, -0.1) is 0 Å². The average molecular weight is 523 g/mol. The largest absolute Gasteiger partial charge is 0.335 e. The number of para-hydroxylation sites is 3. The fourth-order valence-corrected chi connectivity index (χ4v) is 12.6. The SMILES string of the molecule is Cc1cc2c3c(c1)N1c4c(cccc4C4(C)CCCCC14C)B3c1cccc3c1N2c1ccccc1[Si]3(C)C. The van der Waals surface area contributed by atoms with E-state index in [0.29, 0.717) is 0 Å². The molecule has 1 aliphatic carbocycles. The molecule has 2 atom stereocenters. The molecule has 192 valence electrons. The zero-order valence-electron chi connectivity index (χ0n) is 23.7. The van der Waals surface area contributed by atoms with Crippen LogP contribution < -0.4 is 36.6 Å². The Morgan fingerprint density at radius 2 is 1.44 bits per heavy atom. The third kappa shape index (κ3) is 2.36. The summed E-state index contributed by atoms with van der Waals surface area (Å²) in [5.74, 6) is 0. The lowest BCUT2D eigenvalue weighted by Crippen LogP contribution is -2.68. The molecule has 39 heavy (non-hydrogen) atoms. The summed E-state index contributed by atoms with van der Waals surface area (Å²) in [6.45, 7) is 12.8. The van der Waals surface area contributed by atoms with Gasteiger partial charge in [0.1, 0.15) is 8.07 Å². The molecule has 9 rings (SSSR count). The Morgan fingerprint density at radius 1 is 0.744 bits per heavy atom. The van der Waals surface area contributed by atoms with Gasteiger partial charge in [-0.1, -0.05) is 87.5 Å². The number of benzene rings is 4. The Labute approximate surface area is 233 Å². The molecule has 4 aromatic carbocycles. The summed E-state index contributed by atoms with van der Waals surface area (Å²) in [5, 5.41) is 3.13. The second-order valence-electron chi connectivity index (χ2n) is 13.8. The van der Waals surface area contributed by atoms with E-state index in [9.17, 15) is 0 Å². The Bertz CT molecular complexity index is 1770. The van der Waals surface area contributed by atoms with Crippen LogP contribution in [0, 0.1) is 6.92 Å². The molecule has 4 aliphatic heterocycles. The van der Waals surface area contributed by atoms with Gasteiger partial charge in [0.05, 0.1) is 5.54 Å². The van der Waals surface area contributed by atoms with Gasteiger partial charge in [-0.05, 0) is 82.8 Å². The first-order chi connectivity index (χ1) is 18.8. The smallest absolute Gasteiger partial charge is 0.252 e. The van der Waals surface area contributed by atoms with Crippen LogP contribution in [0.1, 0.15) is 50.7 Å². The summed E-state index contributed by atoms with van der Waals surface area (Å²) >= 11 is 0. The monoisotopic (exact) mass is 522 g/mol. The highest BCUT2D eigenvalue weighted by molar-refractivity contribution is 7.05. The zero-order valence-corrected chi connectivity index (χ0v) is 24.7. The van der Waals surface area contributed by atoms with Crippen LogP contribution in [-0.2, 0) is 5.41 Å². The number of hydrogen-bond donors (Lipinski definition) is 0. The molecule has 0 aromatic heterocycles. The van der Waals surface area contributed by atoms with Crippen LogP contribution in [0.25, 0.3) is 0 Å². The average Bonchev–Trinajstić information content (AvgIpc) is 3.14. The van der Waals surface area contributed by atoms with Gasteiger partial charge in [-0.2, -0.15) is 0 Å². The number of anilines is 5. The molecule has 5 aliphatic rings. The summed E-state index contributed by atoms with van der Waals surface area (Å²) < 4.78 is 0. The van der Waals surface area contributed by atoms with Gasteiger partial charge in [0.15, 0.2) is 0 Å². The maximum atomic E-state index is 2.84. The normalized spacial score (nSPS) is 25.9. The van der Waals surface area contributed by atoms with Gasteiger partial charge in [-0.25, -0.2) is 0 Å². The van der Waals surface area contributed by atoms with Gasteiger partial charge >= 0.3 is 0 Å². The molecule has 1 saturated carbocycles. The Hall–Kier alpha value is -3.24.